The maximum Gasteiger partial charge on any atom is 0.307 e. The van der Waals surface area contributed by atoms with Crippen molar-refractivity contribution < 1.29 is 8.83 Å². The van der Waals surface area contributed by atoms with Crippen molar-refractivity contribution in [3.8, 4) is 33.4 Å². The van der Waals surface area contributed by atoms with Crippen LogP contribution in [0.1, 0.15) is 0 Å². The second-order valence-corrected chi connectivity index (χ2v) is 13.5. The molecule has 0 unspecified atom stereocenters. The smallest absolute Gasteiger partial charge is 0.307 e. The predicted molar refractivity (Wildman–Crippen MR) is 227 cm³/mol. The van der Waals surface area contributed by atoms with Crippen LogP contribution in [0.25, 0.3) is 55.6 Å². The van der Waals surface area contributed by atoms with Crippen LogP contribution in [0.5, 0.6) is 0 Å². The second-order valence-electron chi connectivity index (χ2n) is 13.5. The predicted octanol–water partition coefficient (Wildman–Crippen LogP) is 13.9. The van der Waals surface area contributed by atoms with E-state index in [4.69, 9.17) is 18.8 Å². The standard InChI is InChI=1S/C50H34N4O2/c1-5-13-35(14-6-1)39-25-31-47-45(33-39)51-49(55-47)53(41-17-9-3-10-18-41)43-27-21-37(22-28-43)38-23-29-44(30-24-38)54(42-19-11-4-12-20-42)50-52-46-34-40(26-32-48(46)56-50)36-15-7-2-8-16-36/h1-34H. The molecule has 0 bridgehead atoms. The first kappa shape index (κ1) is 32.9. The molecule has 0 atom stereocenters. The number of hydrogen-bond donors (Lipinski definition) is 0. The molecule has 0 saturated carbocycles. The molecule has 2 heterocycles. The topological polar surface area (TPSA) is 58.5 Å². The number of rotatable bonds is 9. The Morgan fingerprint density at radius 3 is 0.964 bits per heavy atom. The van der Waals surface area contributed by atoms with E-state index in [9.17, 15) is 0 Å². The summed E-state index contributed by atoms with van der Waals surface area (Å²) in [6.45, 7) is 0. The fraction of sp³-hybridized carbons (Fsp3) is 0. The zero-order chi connectivity index (χ0) is 37.3. The normalized spacial score (nSPS) is 11.2. The first-order valence-corrected chi connectivity index (χ1v) is 18.6. The van der Waals surface area contributed by atoms with Crippen LogP contribution in [0.4, 0.5) is 34.8 Å². The lowest BCUT2D eigenvalue weighted by molar-refractivity contribution is 0.608. The minimum absolute atomic E-state index is 0.505. The SMILES string of the molecule is c1ccc(-c2ccc3oc(N(c4ccccc4)c4ccc(-c5ccc(N(c6ccccc6)c6nc7cc(-c8ccccc8)ccc7o6)cc5)cc4)nc3c2)cc1. The molecule has 0 saturated heterocycles. The van der Waals surface area contributed by atoms with Gasteiger partial charge in [0.15, 0.2) is 11.2 Å². The summed E-state index contributed by atoms with van der Waals surface area (Å²) in [6, 6.07) is 71.3. The van der Waals surface area contributed by atoms with Gasteiger partial charge in [0.25, 0.3) is 0 Å². The van der Waals surface area contributed by atoms with Gasteiger partial charge in [-0.3, -0.25) is 9.80 Å². The lowest BCUT2D eigenvalue weighted by Crippen LogP contribution is -2.10. The Morgan fingerprint density at radius 1 is 0.286 bits per heavy atom. The lowest BCUT2D eigenvalue weighted by atomic mass is 10.0. The average Bonchev–Trinajstić information content (AvgIpc) is 3.89. The third kappa shape index (κ3) is 6.35. The molecule has 266 valence electrons. The van der Waals surface area contributed by atoms with Crippen molar-refractivity contribution in [2.24, 2.45) is 0 Å². The van der Waals surface area contributed by atoms with Crippen LogP contribution in [-0.4, -0.2) is 9.97 Å². The molecule has 0 aliphatic heterocycles. The Morgan fingerprint density at radius 2 is 0.589 bits per heavy atom. The van der Waals surface area contributed by atoms with Crippen molar-refractivity contribution in [1.82, 2.24) is 9.97 Å². The highest BCUT2D eigenvalue weighted by Gasteiger charge is 2.21. The molecular weight excluding hydrogens is 689 g/mol. The van der Waals surface area contributed by atoms with Crippen molar-refractivity contribution >= 4 is 57.0 Å². The van der Waals surface area contributed by atoms with Crippen LogP contribution in [0.15, 0.2) is 215 Å². The molecule has 10 rings (SSSR count). The summed E-state index contributed by atoms with van der Waals surface area (Å²) in [5.41, 5.74) is 13.5. The third-order valence-corrected chi connectivity index (χ3v) is 9.96. The van der Waals surface area contributed by atoms with Crippen molar-refractivity contribution in [3.05, 3.63) is 206 Å². The van der Waals surface area contributed by atoms with Crippen LogP contribution in [-0.2, 0) is 0 Å². The number of hydrogen-bond acceptors (Lipinski definition) is 6. The van der Waals surface area contributed by atoms with Crippen LogP contribution in [0.3, 0.4) is 0 Å². The number of nitrogens with zero attached hydrogens (tertiary/aromatic N) is 4. The van der Waals surface area contributed by atoms with E-state index >= 15 is 0 Å². The highest BCUT2D eigenvalue weighted by atomic mass is 16.4. The largest absolute Gasteiger partial charge is 0.423 e. The summed E-state index contributed by atoms with van der Waals surface area (Å²) < 4.78 is 12.8. The summed E-state index contributed by atoms with van der Waals surface area (Å²) in [7, 11) is 0. The van der Waals surface area contributed by atoms with Crippen molar-refractivity contribution in [1.29, 1.82) is 0 Å². The number of para-hydroxylation sites is 2. The second kappa shape index (κ2) is 14.3. The summed E-state index contributed by atoms with van der Waals surface area (Å²) in [5, 5.41) is 0. The van der Waals surface area contributed by atoms with Crippen molar-refractivity contribution in [3.63, 3.8) is 0 Å². The van der Waals surface area contributed by atoms with Gasteiger partial charge in [0.2, 0.25) is 0 Å². The van der Waals surface area contributed by atoms with Gasteiger partial charge in [0.1, 0.15) is 11.0 Å². The van der Waals surface area contributed by atoms with E-state index in [2.05, 4.69) is 131 Å². The maximum atomic E-state index is 6.40. The molecule has 0 spiro atoms. The van der Waals surface area contributed by atoms with Gasteiger partial charge < -0.3 is 8.83 Å². The van der Waals surface area contributed by atoms with Crippen LogP contribution < -0.4 is 9.80 Å². The van der Waals surface area contributed by atoms with E-state index in [0.29, 0.717) is 12.0 Å². The summed E-state index contributed by atoms with van der Waals surface area (Å²) >= 11 is 0. The van der Waals surface area contributed by atoms with Crippen LogP contribution in [0, 0.1) is 0 Å². The van der Waals surface area contributed by atoms with Gasteiger partial charge in [0.05, 0.1) is 22.7 Å². The van der Waals surface area contributed by atoms with Gasteiger partial charge in [-0.1, -0.05) is 133 Å². The van der Waals surface area contributed by atoms with Gasteiger partial charge in [-0.2, -0.15) is 9.97 Å². The minimum Gasteiger partial charge on any atom is -0.423 e. The molecule has 0 fully saturated rings. The zero-order valence-electron chi connectivity index (χ0n) is 30.2. The Labute approximate surface area is 324 Å². The molecule has 56 heavy (non-hydrogen) atoms. The molecule has 0 aliphatic rings. The molecule has 0 amide bonds. The number of oxazole rings is 2. The highest BCUT2D eigenvalue weighted by molar-refractivity contribution is 5.86. The van der Waals surface area contributed by atoms with Gasteiger partial charge in [-0.15, -0.1) is 0 Å². The first-order chi connectivity index (χ1) is 27.7. The van der Waals surface area contributed by atoms with Gasteiger partial charge in [-0.25, -0.2) is 0 Å². The number of benzene rings is 8. The minimum atomic E-state index is 0.505. The quantitative estimate of drug-likeness (QED) is 0.148. The summed E-state index contributed by atoms with van der Waals surface area (Å²) in [6.07, 6.45) is 0. The molecule has 6 nitrogen and oxygen atoms in total. The van der Waals surface area contributed by atoms with Gasteiger partial charge >= 0.3 is 12.0 Å². The number of aromatic nitrogens is 2. The van der Waals surface area contributed by atoms with Crippen LogP contribution in [0.2, 0.25) is 0 Å². The molecule has 6 heteroatoms. The van der Waals surface area contributed by atoms with Crippen LogP contribution >= 0.6 is 0 Å². The van der Waals surface area contributed by atoms with Crippen molar-refractivity contribution in [2.45, 2.75) is 0 Å². The highest BCUT2D eigenvalue weighted by Crippen LogP contribution is 2.40. The molecule has 0 radical (unpaired) electrons. The van der Waals surface area contributed by atoms with E-state index in [1.165, 1.54) is 0 Å². The molecule has 8 aromatic carbocycles. The Bertz CT molecular complexity index is 2690. The maximum absolute atomic E-state index is 6.40. The van der Waals surface area contributed by atoms with E-state index in [1.54, 1.807) is 0 Å². The Hall–Kier alpha value is -7.70. The monoisotopic (exact) mass is 722 g/mol. The average molecular weight is 723 g/mol. The molecule has 10 aromatic rings. The van der Waals surface area contributed by atoms with E-state index < -0.39 is 0 Å². The Kier molecular flexibility index (Phi) is 8.39. The third-order valence-electron chi connectivity index (χ3n) is 9.96. The van der Waals surface area contributed by atoms with Crippen molar-refractivity contribution in [2.75, 3.05) is 9.80 Å². The molecule has 0 aliphatic carbocycles. The molecular formula is C50H34N4O2. The summed E-state index contributed by atoms with van der Waals surface area (Å²) in [4.78, 5) is 14.1. The fourth-order valence-electron chi connectivity index (χ4n) is 7.14. The van der Waals surface area contributed by atoms with Gasteiger partial charge in [-0.05, 0) is 106 Å². The first-order valence-electron chi connectivity index (χ1n) is 18.6. The lowest BCUT2D eigenvalue weighted by Gasteiger charge is -2.22. The zero-order valence-corrected chi connectivity index (χ0v) is 30.2. The Balaban J connectivity index is 0.960. The summed E-state index contributed by atoms with van der Waals surface area (Å²) in [5.74, 6) is 0. The molecule has 2 aromatic heterocycles. The van der Waals surface area contributed by atoms with E-state index in [-0.39, 0.29) is 0 Å². The van der Waals surface area contributed by atoms with E-state index in [1.807, 2.05) is 84.9 Å². The number of anilines is 6. The van der Waals surface area contributed by atoms with E-state index in [0.717, 1.165) is 78.3 Å². The number of fused-ring (bicyclic) bond motifs is 2. The fourth-order valence-corrected chi connectivity index (χ4v) is 7.14. The molecule has 0 N–H and O–H groups in total. The van der Waals surface area contributed by atoms with Gasteiger partial charge in [0, 0.05) is 0 Å².